The van der Waals surface area contributed by atoms with Gasteiger partial charge in [-0.1, -0.05) is 34.8 Å². The molecule has 138 valence electrons. The van der Waals surface area contributed by atoms with Crippen molar-refractivity contribution in [1.82, 2.24) is 9.88 Å². The van der Waals surface area contributed by atoms with Crippen LogP contribution in [0.2, 0.25) is 15.1 Å². The van der Waals surface area contributed by atoms with Crippen LogP contribution in [-0.4, -0.2) is 48.1 Å². The topological polar surface area (TPSA) is 45.7 Å². The summed E-state index contributed by atoms with van der Waals surface area (Å²) in [5, 5.41) is 1.51. The van der Waals surface area contributed by atoms with Gasteiger partial charge in [-0.05, 0) is 37.3 Å². The maximum absolute atomic E-state index is 12.6. The molecule has 0 N–H and O–H groups in total. The lowest BCUT2D eigenvalue weighted by Gasteiger charge is -2.36. The van der Waals surface area contributed by atoms with Crippen LogP contribution in [0.15, 0.2) is 36.5 Å². The summed E-state index contributed by atoms with van der Waals surface area (Å²) >= 11 is 17.9. The molecule has 1 amide bonds. The standard InChI is InChI=1S/C18H18Cl3N3O2/c1-12(26-16-4-2-13(19)10-15(16)21)18(25)24-8-6-23(7-9-24)17-5-3-14(20)11-22-17/h2-5,10-12H,6-9H2,1H3. The number of hydrogen-bond acceptors (Lipinski definition) is 4. The van der Waals surface area contributed by atoms with Crippen LogP contribution in [0.4, 0.5) is 5.82 Å². The molecule has 1 aromatic carbocycles. The van der Waals surface area contributed by atoms with Gasteiger partial charge in [-0.3, -0.25) is 4.79 Å². The van der Waals surface area contributed by atoms with Crippen molar-refractivity contribution >= 4 is 46.5 Å². The molecule has 1 saturated heterocycles. The first-order chi connectivity index (χ1) is 12.4. The number of anilines is 1. The quantitative estimate of drug-likeness (QED) is 0.754. The molecule has 1 fully saturated rings. The van der Waals surface area contributed by atoms with E-state index in [9.17, 15) is 4.79 Å². The molecule has 1 aromatic heterocycles. The number of halogens is 3. The highest BCUT2D eigenvalue weighted by atomic mass is 35.5. The van der Waals surface area contributed by atoms with Crippen LogP contribution in [0.3, 0.4) is 0 Å². The predicted molar refractivity (Wildman–Crippen MR) is 105 cm³/mol. The van der Waals surface area contributed by atoms with Gasteiger partial charge in [0.25, 0.3) is 5.91 Å². The van der Waals surface area contributed by atoms with Crippen LogP contribution in [0.5, 0.6) is 5.75 Å². The maximum atomic E-state index is 12.6. The van der Waals surface area contributed by atoms with Crippen molar-refractivity contribution in [2.45, 2.75) is 13.0 Å². The van der Waals surface area contributed by atoms with E-state index >= 15 is 0 Å². The molecule has 0 saturated carbocycles. The summed E-state index contributed by atoms with van der Waals surface area (Å²) in [6, 6.07) is 8.63. The molecule has 1 atom stereocenters. The van der Waals surface area contributed by atoms with Crippen molar-refractivity contribution in [3.63, 3.8) is 0 Å². The van der Waals surface area contributed by atoms with E-state index in [4.69, 9.17) is 39.5 Å². The zero-order valence-corrected chi connectivity index (χ0v) is 16.4. The SMILES string of the molecule is CC(Oc1ccc(Cl)cc1Cl)C(=O)N1CCN(c2ccc(Cl)cn2)CC1. The van der Waals surface area contributed by atoms with E-state index in [-0.39, 0.29) is 5.91 Å². The number of carbonyl (C=O) groups excluding carboxylic acids is 1. The molecule has 26 heavy (non-hydrogen) atoms. The molecular formula is C18H18Cl3N3O2. The second kappa shape index (κ2) is 8.33. The second-order valence-corrected chi connectivity index (χ2v) is 7.26. The average molecular weight is 415 g/mol. The van der Waals surface area contributed by atoms with Crippen LogP contribution in [0, 0.1) is 0 Å². The third-order valence-corrected chi connectivity index (χ3v) is 4.93. The minimum Gasteiger partial charge on any atom is -0.479 e. The molecule has 1 aliphatic rings. The summed E-state index contributed by atoms with van der Waals surface area (Å²) in [6.45, 7) is 4.33. The third kappa shape index (κ3) is 4.53. The lowest BCUT2D eigenvalue weighted by Crippen LogP contribution is -2.52. The number of amides is 1. The normalized spacial score (nSPS) is 15.7. The smallest absolute Gasteiger partial charge is 0.263 e. The summed E-state index contributed by atoms with van der Waals surface area (Å²) in [4.78, 5) is 20.9. The molecule has 0 aliphatic carbocycles. The largest absolute Gasteiger partial charge is 0.479 e. The first-order valence-electron chi connectivity index (χ1n) is 8.21. The zero-order valence-electron chi connectivity index (χ0n) is 14.2. The van der Waals surface area contributed by atoms with Gasteiger partial charge in [0.15, 0.2) is 6.10 Å². The molecule has 2 aromatic rings. The molecule has 2 heterocycles. The van der Waals surface area contributed by atoms with Crippen LogP contribution in [-0.2, 0) is 4.79 Å². The molecule has 0 radical (unpaired) electrons. The van der Waals surface area contributed by atoms with E-state index in [1.165, 1.54) is 0 Å². The van der Waals surface area contributed by atoms with Gasteiger partial charge in [0.2, 0.25) is 0 Å². The summed E-state index contributed by atoms with van der Waals surface area (Å²) in [7, 11) is 0. The first-order valence-corrected chi connectivity index (χ1v) is 9.34. The fraction of sp³-hybridized carbons (Fsp3) is 0.333. The molecule has 0 spiro atoms. The van der Waals surface area contributed by atoms with Gasteiger partial charge in [0, 0.05) is 37.4 Å². The Labute approximate surface area is 167 Å². The van der Waals surface area contributed by atoms with Gasteiger partial charge in [0.1, 0.15) is 11.6 Å². The maximum Gasteiger partial charge on any atom is 0.263 e. The van der Waals surface area contributed by atoms with Crippen LogP contribution < -0.4 is 9.64 Å². The van der Waals surface area contributed by atoms with Crippen LogP contribution >= 0.6 is 34.8 Å². The molecule has 5 nitrogen and oxygen atoms in total. The van der Waals surface area contributed by atoms with Crippen molar-refractivity contribution in [1.29, 1.82) is 0 Å². The highest BCUT2D eigenvalue weighted by Gasteiger charge is 2.27. The zero-order chi connectivity index (χ0) is 18.7. The highest BCUT2D eigenvalue weighted by molar-refractivity contribution is 6.35. The third-order valence-electron chi connectivity index (χ3n) is 4.17. The van der Waals surface area contributed by atoms with Crippen LogP contribution in [0.25, 0.3) is 0 Å². The number of ether oxygens (including phenoxy) is 1. The monoisotopic (exact) mass is 413 g/mol. The predicted octanol–water partition coefficient (Wildman–Crippen LogP) is 4.16. The number of piperazine rings is 1. The molecule has 0 bridgehead atoms. The Balaban J connectivity index is 1.56. The number of carbonyl (C=O) groups is 1. The Morgan fingerprint density at radius 2 is 1.77 bits per heavy atom. The van der Waals surface area contributed by atoms with Crippen molar-refractivity contribution in [3.8, 4) is 5.75 Å². The Bertz CT molecular complexity index is 778. The summed E-state index contributed by atoms with van der Waals surface area (Å²) in [6.07, 6.45) is 0.995. The molecule has 1 unspecified atom stereocenters. The highest BCUT2D eigenvalue weighted by Crippen LogP contribution is 2.28. The van der Waals surface area contributed by atoms with E-state index in [2.05, 4.69) is 9.88 Å². The number of benzene rings is 1. The summed E-state index contributed by atoms with van der Waals surface area (Å²) in [5.41, 5.74) is 0. The van der Waals surface area contributed by atoms with Gasteiger partial charge in [-0.2, -0.15) is 0 Å². The first kappa shape index (κ1) is 19.1. The van der Waals surface area contributed by atoms with E-state index < -0.39 is 6.10 Å². The Morgan fingerprint density at radius 3 is 2.38 bits per heavy atom. The van der Waals surface area contributed by atoms with Crippen molar-refractivity contribution in [2.24, 2.45) is 0 Å². The van der Waals surface area contributed by atoms with Crippen molar-refractivity contribution < 1.29 is 9.53 Å². The number of pyridine rings is 1. The van der Waals surface area contributed by atoms with Gasteiger partial charge in [0.05, 0.1) is 10.0 Å². The van der Waals surface area contributed by atoms with Gasteiger partial charge in [-0.25, -0.2) is 4.98 Å². The van der Waals surface area contributed by atoms with Gasteiger partial charge < -0.3 is 14.5 Å². The fourth-order valence-corrected chi connectivity index (χ4v) is 3.34. The number of hydrogen-bond donors (Lipinski definition) is 0. The van der Waals surface area contributed by atoms with Gasteiger partial charge >= 0.3 is 0 Å². The molecule has 8 heteroatoms. The number of nitrogens with zero attached hydrogens (tertiary/aromatic N) is 3. The van der Waals surface area contributed by atoms with Crippen molar-refractivity contribution in [3.05, 3.63) is 51.6 Å². The van der Waals surface area contributed by atoms with Gasteiger partial charge in [-0.15, -0.1) is 0 Å². The Morgan fingerprint density at radius 1 is 1.08 bits per heavy atom. The minimum absolute atomic E-state index is 0.0697. The molecular weight excluding hydrogens is 397 g/mol. The summed E-state index contributed by atoms with van der Waals surface area (Å²) in [5.74, 6) is 1.24. The minimum atomic E-state index is -0.631. The molecule has 1 aliphatic heterocycles. The van der Waals surface area contributed by atoms with Crippen LogP contribution in [0.1, 0.15) is 6.92 Å². The van der Waals surface area contributed by atoms with E-state index in [0.29, 0.717) is 47.0 Å². The second-order valence-electron chi connectivity index (χ2n) is 5.98. The summed E-state index contributed by atoms with van der Waals surface area (Å²) < 4.78 is 5.72. The van der Waals surface area contributed by atoms with E-state index in [1.54, 1.807) is 36.2 Å². The number of rotatable bonds is 4. The van der Waals surface area contributed by atoms with Crippen molar-refractivity contribution in [2.75, 3.05) is 31.1 Å². The lowest BCUT2D eigenvalue weighted by molar-refractivity contribution is -0.138. The Hall–Kier alpha value is -1.69. The Kier molecular flexibility index (Phi) is 6.12. The average Bonchev–Trinajstić information content (AvgIpc) is 2.64. The van der Waals surface area contributed by atoms with E-state index in [0.717, 1.165) is 5.82 Å². The molecule has 3 rings (SSSR count). The number of aromatic nitrogens is 1. The van der Waals surface area contributed by atoms with E-state index in [1.807, 2.05) is 12.1 Å². The fourth-order valence-electron chi connectivity index (χ4n) is 2.78. The lowest BCUT2D eigenvalue weighted by atomic mass is 10.2.